The number of rotatable bonds is 4. The number of H-pyrrole nitrogens is 1. The Labute approximate surface area is 220 Å². The lowest BCUT2D eigenvalue weighted by atomic mass is 9.86. The average Bonchev–Trinajstić information content (AvgIpc) is 3.59. The highest BCUT2D eigenvalue weighted by Crippen LogP contribution is 2.40. The predicted molar refractivity (Wildman–Crippen MR) is 143 cm³/mol. The van der Waals surface area contributed by atoms with Crippen LogP contribution in [0.25, 0.3) is 22.2 Å². The number of hydrogen-bond donors (Lipinski definition) is 3. The fourth-order valence-corrected chi connectivity index (χ4v) is 5.91. The van der Waals surface area contributed by atoms with Gasteiger partial charge in [0.25, 0.3) is 5.91 Å². The number of amides is 2. The molecule has 2 atom stereocenters. The maximum absolute atomic E-state index is 13.3. The standard InChI is InChI=1S/C30H30N4O4/c1-18-15-31-28-23(18)14-22(16-32-28)21-12-20-9-11-33(29(36)27(35)19-6-3-2-4-7-19)17-25(20)24(13-21)26-8-5-10-34(26)30(37)38/h2-4,6-7,12-16,26-27,35H,5,8-11,17H2,1H3,(H,31,32)(H,37,38). The van der Waals surface area contributed by atoms with Gasteiger partial charge >= 0.3 is 6.09 Å². The Bertz CT molecular complexity index is 1530. The molecular weight excluding hydrogens is 480 g/mol. The molecule has 2 aliphatic heterocycles. The Hall–Kier alpha value is -4.17. The first-order chi connectivity index (χ1) is 18.4. The number of carbonyl (C=O) groups excluding carboxylic acids is 1. The number of benzene rings is 2. The quantitative estimate of drug-likeness (QED) is 0.359. The van der Waals surface area contributed by atoms with Crippen molar-refractivity contribution in [1.82, 2.24) is 19.8 Å². The summed E-state index contributed by atoms with van der Waals surface area (Å²) in [5.41, 5.74) is 7.52. The summed E-state index contributed by atoms with van der Waals surface area (Å²) in [4.78, 5) is 36.4. The van der Waals surface area contributed by atoms with Crippen molar-refractivity contribution in [1.29, 1.82) is 0 Å². The number of nitrogens with one attached hydrogen (secondary N) is 1. The topological polar surface area (TPSA) is 110 Å². The lowest BCUT2D eigenvalue weighted by Gasteiger charge is -2.34. The van der Waals surface area contributed by atoms with Crippen LogP contribution in [0.5, 0.6) is 0 Å². The van der Waals surface area contributed by atoms with Gasteiger partial charge in [-0.25, -0.2) is 9.78 Å². The lowest BCUT2D eigenvalue weighted by Crippen LogP contribution is -2.40. The van der Waals surface area contributed by atoms with Gasteiger partial charge in [0.2, 0.25) is 0 Å². The minimum atomic E-state index is -1.23. The van der Waals surface area contributed by atoms with Gasteiger partial charge in [-0.15, -0.1) is 0 Å². The lowest BCUT2D eigenvalue weighted by molar-refractivity contribution is -0.141. The van der Waals surface area contributed by atoms with Crippen molar-refractivity contribution in [2.45, 2.75) is 44.9 Å². The van der Waals surface area contributed by atoms with Crippen molar-refractivity contribution in [3.63, 3.8) is 0 Å². The fraction of sp³-hybridized carbons (Fsp3) is 0.300. The van der Waals surface area contributed by atoms with Gasteiger partial charge in [0.05, 0.1) is 6.04 Å². The van der Waals surface area contributed by atoms with E-state index in [1.54, 1.807) is 29.2 Å². The van der Waals surface area contributed by atoms with Crippen LogP contribution < -0.4 is 0 Å². The predicted octanol–water partition coefficient (Wildman–Crippen LogP) is 4.97. The summed E-state index contributed by atoms with van der Waals surface area (Å²) in [6, 6.07) is 15.0. The van der Waals surface area contributed by atoms with Crippen molar-refractivity contribution < 1.29 is 19.8 Å². The zero-order valence-corrected chi connectivity index (χ0v) is 21.2. The Morgan fingerprint density at radius 1 is 1.11 bits per heavy atom. The monoisotopic (exact) mass is 510 g/mol. The first-order valence-electron chi connectivity index (χ1n) is 13.0. The van der Waals surface area contributed by atoms with E-state index in [9.17, 15) is 19.8 Å². The van der Waals surface area contributed by atoms with Crippen LogP contribution >= 0.6 is 0 Å². The summed E-state index contributed by atoms with van der Waals surface area (Å²) in [6.45, 7) is 3.36. The fourth-order valence-electron chi connectivity index (χ4n) is 5.91. The van der Waals surface area contributed by atoms with E-state index in [-0.39, 0.29) is 11.9 Å². The molecule has 2 amide bonds. The smallest absolute Gasteiger partial charge is 0.407 e. The number of carboxylic acid groups (broad SMARTS) is 1. The normalized spacial score (nSPS) is 18.0. The van der Waals surface area contributed by atoms with Gasteiger partial charge in [0.15, 0.2) is 6.10 Å². The number of carbonyl (C=O) groups is 2. The average molecular weight is 511 g/mol. The third-order valence-electron chi connectivity index (χ3n) is 7.97. The number of pyridine rings is 1. The van der Waals surface area contributed by atoms with E-state index in [0.29, 0.717) is 31.6 Å². The second-order valence-electron chi connectivity index (χ2n) is 10.3. The summed E-state index contributed by atoms with van der Waals surface area (Å²) in [5, 5.41) is 21.8. The van der Waals surface area contributed by atoms with E-state index in [4.69, 9.17) is 0 Å². The second kappa shape index (κ2) is 9.61. The molecule has 0 saturated carbocycles. The summed E-state index contributed by atoms with van der Waals surface area (Å²) >= 11 is 0. The molecule has 2 aromatic carbocycles. The highest BCUT2D eigenvalue weighted by Gasteiger charge is 2.35. The molecular formula is C30H30N4O4. The van der Waals surface area contributed by atoms with Crippen molar-refractivity contribution in [2.24, 2.45) is 0 Å². The Morgan fingerprint density at radius 2 is 1.92 bits per heavy atom. The number of nitrogens with zero attached hydrogens (tertiary/aromatic N) is 3. The molecule has 4 heterocycles. The van der Waals surface area contributed by atoms with Crippen LogP contribution in [0.3, 0.4) is 0 Å². The molecule has 2 unspecified atom stereocenters. The molecule has 6 rings (SSSR count). The van der Waals surface area contributed by atoms with Gasteiger partial charge in [0.1, 0.15) is 5.65 Å². The molecule has 1 saturated heterocycles. The van der Waals surface area contributed by atoms with E-state index in [1.165, 1.54) is 4.90 Å². The van der Waals surface area contributed by atoms with Crippen LogP contribution in [0.15, 0.2) is 60.9 Å². The van der Waals surface area contributed by atoms with Gasteiger partial charge in [-0.1, -0.05) is 36.4 Å². The van der Waals surface area contributed by atoms with Gasteiger partial charge < -0.3 is 25.0 Å². The highest BCUT2D eigenvalue weighted by molar-refractivity contribution is 5.85. The van der Waals surface area contributed by atoms with Crippen LogP contribution in [-0.2, 0) is 17.8 Å². The highest BCUT2D eigenvalue weighted by atomic mass is 16.4. The second-order valence-corrected chi connectivity index (χ2v) is 10.3. The molecule has 1 fully saturated rings. The number of aromatic nitrogens is 2. The van der Waals surface area contributed by atoms with Crippen molar-refractivity contribution in [3.05, 3.63) is 88.7 Å². The molecule has 8 heteroatoms. The van der Waals surface area contributed by atoms with Crippen LogP contribution in [0.4, 0.5) is 4.79 Å². The minimum absolute atomic E-state index is 0.277. The van der Waals surface area contributed by atoms with E-state index in [2.05, 4.69) is 28.2 Å². The molecule has 4 aromatic rings. The molecule has 2 aliphatic rings. The Kier molecular flexibility index (Phi) is 6.12. The third kappa shape index (κ3) is 4.20. The Balaban J connectivity index is 1.41. The SMILES string of the molecule is Cc1c[nH]c2ncc(-c3cc4c(c(C5CCCN5C(=O)O)c3)CN(C(=O)C(O)c3ccccc3)CC4)cc12. The van der Waals surface area contributed by atoms with Gasteiger partial charge in [0, 0.05) is 43.0 Å². The minimum Gasteiger partial charge on any atom is -0.465 e. The largest absolute Gasteiger partial charge is 0.465 e. The van der Waals surface area contributed by atoms with E-state index in [0.717, 1.165) is 57.3 Å². The number of likely N-dealkylation sites (tertiary alicyclic amines) is 1. The first kappa shape index (κ1) is 24.2. The molecule has 194 valence electrons. The van der Waals surface area contributed by atoms with Gasteiger partial charge in [-0.2, -0.15) is 0 Å². The van der Waals surface area contributed by atoms with Gasteiger partial charge in [-0.3, -0.25) is 4.79 Å². The third-order valence-corrected chi connectivity index (χ3v) is 7.97. The van der Waals surface area contributed by atoms with Crippen LogP contribution in [0, 0.1) is 6.92 Å². The number of aliphatic hydroxyl groups excluding tert-OH is 1. The van der Waals surface area contributed by atoms with Gasteiger partial charge in [-0.05, 0) is 71.7 Å². The molecule has 38 heavy (non-hydrogen) atoms. The molecule has 3 N–H and O–H groups in total. The van der Waals surface area contributed by atoms with Crippen molar-refractivity contribution in [3.8, 4) is 11.1 Å². The summed E-state index contributed by atoms with van der Waals surface area (Å²) in [7, 11) is 0. The zero-order chi connectivity index (χ0) is 26.4. The first-order valence-corrected chi connectivity index (χ1v) is 13.0. The summed E-state index contributed by atoms with van der Waals surface area (Å²) in [6.07, 6.45) is 3.78. The number of aromatic amines is 1. The van der Waals surface area contributed by atoms with Crippen LogP contribution in [0.2, 0.25) is 0 Å². The number of hydrogen-bond acceptors (Lipinski definition) is 4. The number of aliphatic hydroxyl groups is 1. The van der Waals surface area contributed by atoms with Crippen LogP contribution in [0.1, 0.15) is 52.8 Å². The maximum atomic E-state index is 13.3. The number of fused-ring (bicyclic) bond motifs is 2. The van der Waals surface area contributed by atoms with Crippen molar-refractivity contribution in [2.75, 3.05) is 13.1 Å². The number of aryl methyl sites for hydroxylation is 1. The molecule has 2 aromatic heterocycles. The van der Waals surface area contributed by atoms with Crippen LogP contribution in [-0.4, -0.2) is 55.1 Å². The summed E-state index contributed by atoms with van der Waals surface area (Å²) < 4.78 is 0. The van der Waals surface area contributed by atoms with E-state index in [1.807, 2.05) is 25.4 Å². The zero-order valence-electron chi connectivity index (χ0n) is 21.2. The molecule has 0 aliphatic carbocycles. The Morgan fingerprint density at radius 3 is 2.71 bits per heavy atom. The molecule has 8 nitrogen and oxygen atoms in total. The summed E-state index contributed by atoms with van der Waals surface area (Å²) in [5.74, 6) is -0.337. The molecule has 0 bridgehead atoms. The molecule has 0 spiro atoms. The van der Waals surface area contributed by atoms with E-state index < -0.39 is 12.2 Å². The van der Waals surface area contributed by atoms with E-state index >= 15 is 0 Å². The maximum Gasteiger partial charge on any atom is 0.407 e. The van der Waals surface area contributed by atoms with Crippen molar-refractivity contribution >= 4 is 23.0 Å². The molecule has 0 radical (unpaired) electrons.